The van der Waals surface area contributed by atoms with E-state index in [1.54, 1.807) is 0 Å². The van der Waals surface area contributed by atoms with Crippen LogP contribution in [0.2, 0.25) is 5.02 Å². The maximum absolute atomic E-state index is 11.9. The van der Waals surface area contributed by atoms with E-state index in [9.17, 15) is 4.79 Å². The first-order valence-electron chi connectivity index (χ1n) is 7.85. The Morgan fingerprint density at radius 3 is 2.95 bits per heavy atom. The number of H-pyrrole nitrogens is 1. The van der Waals surface area contributed by atoms with Crippen molar-refractivity contribution in [2.24, 2.45) is 17.8 Å². The molecule has 0 radical (unpaired) electrons. The Labute approximate surface area is 132 Å². The molecule has 2 saturated carbocycles. The molecule has 1 aromatic heterocycles. The molecule has 5 rings (SSSR count). The van der Waals surface area contributed by atoms with E-state index in [0.717, 1.165) is 35.2 Å². The molecule has 1 unspecified atom stereocenters. The molecule has 4 nitrogen and oxygen atoms in total. The van der Waals surface area contributed by atoms with Crippen molar-refractivity contribution in [1.82, 2.24) is 15.5 Å². The molecule has 5 heteroatoms. The van der Waals surface area contributed by atoms with Crippen molar-refractivity contribution in [3.8, 4) is 0 Å². The normalized spacial score (nSPS) is 29.3. The van der Waals surface area contributed by atoms with Gasteiger partial charge in [0.1, 0.15) is 0 Å². The molecule has 3 atom stereocenters. The van der Waals surface area contributed by atoms with E-state index >= 15 is 0 Å². The van der Waals surface area contributed by atoms with Crippen LogP contribution < -0.4 is 5.32 Å². The van der Waals surface area contributed by atoms with Crippen molar-refractivity contribution in [3.63, 3.8) is 0 Å². The summed E-state index contributed by atoms with van der Waals surface area (Å²) in [5, 5.41) is 12.2. The van der Waals surface area contributed by atoms with Crippen LogP contribution in [-0.4, -0.2) is 22.1 Å². The van der Waals surface area contributed by atoms with Crippen LogP contribution in [0.25, 0.3) is 16.5 Å². The van der Waals surface area contributed by atoms with E-state index in [1.165, 1.54) is 11.1 Å². The number of carbonyl (C=O) groups is 1. The van der Waals surface area contributed by atoms with Gasteiger partial charge in [0.25, 0.3) is 0 Å². The van der Waals surface area contributed by atoms with E-state index in [0.29, 0.717) is 23.8 Å². The maximum atomic E-state index is 11.9. The van der Waals surface area contributed by atoms with Gasteiger partial charge in [-0.15, -0.1) is 0 Å². The highest BCUT2D eigenvalue weighted by molar-refractivity contribution is 6.31. The average molecular weight is 314 g/mol. The Bertz CT molecular complexity index is 820. The average Bonchev–Trinajstić information content (AvgIpc) is 3.33. The van der Waals surface area contributed by atoms with Crippen molar-refractivity contribution in [1.29, 1.82) is 0 Å². The van der Waals surface area contributed by atoms with Gasteiger partial charge < -0.3 is 5.32 Å². The molecule has 0 aliphatic heterocycles. The predicted octanol–water partition coefficient (Wildman–Crippen LogP) is 3.14. The summed E-state index contributed by atoms with van der Waals surface area (Å²) in [4.78, 5) is 11.9. The third-order valence-corrected chi connectivity index (χ3v) is 5.42. The Kier molecular flexibility index (Phi) is 2.51. The van der Waals surface area contributed by atoms with Gasteiger partial charge in [0.15, 0.2) is 0 Å². The van der Waals surface area contributed by atoms with E-state index < -0.39 is 0 Å². The van der Waals surface area contributed by atoms with Gasteiger partial charge in [-0.25, -0.2) is 0 Å². The lowest BCUT2D eigenvalue weighted by Gasteiger charge is -2.10. The SMILES string of the molecule is O=C(NC1[C@H]2C=C(c3cc(Cl)cc4[nH]ncc34)C[C@@H]12)C1CC1. The first-order chi connectivity index (χ1) is 10.7. The molecule has 0 spiro atoms. The van der Waals surface area contributed by atoms with Crippen LogP contribution in [0.5, 0.6) is 0 Å². The molecule has 1 aromatic carbocycles. The number of nitrogens with zero attached hydrogens (tertiary/aromatic N) is 1. The minimum atomic E-state index is 0.259. The van der Waals surface area contributed by atoms with Gasteiger partial charge in [0.2, 0.25) is 5.91 Å². The smallest absolute Gasteiger partial charge is 0.223 e. The number of allylic oxidation sites excluding steroid dienone is 1. The second-order valence-corrected chi connectivity index (χ2v) is 7.17. The van der Waals surface area contributed by atoms with E-state index in [4.69, 9.17) is 11.6 Å². The molecule has 0 saturated heterocycles. The quantitative estimate of drug-likeness (QED) is 0.914. The summed E-state index contributed by atoms with van der Waals surface area (Å²) in [7, 11) is 0. The first kappa shape index (κ1) is 12.7. The summed E-state index contributed by atoms with van der Waals surface area (Å²) in [6, 6.07) is 4.28. The fourth-order valence-electron chi connectivity index (χ4n) is 3.76. The molecule has 3 aliphatic rings. The van der Waals surface area contributed by atoms with Crippen LogP contribution in [0.15, 0.2) is 24.4 Å². The van der Waals surface area contributed by atoms with Gasteiger partial charge in [-0.3, -0.25) is 9.89 Å². The van der Waals surface area contributed by atoms with Crippen LogP contribution in [0.1, 0.15) is 24.8 Å². The number of hydrogen-bond donors (Lipinski definition) is 2. The largest absolute Gasteiger partial charge is 0.352 e. The standard InChI is InChI=1S/C17H16ClN3O/c18-10-5-11(14-7-19-21-15(14)6-10)9-3-12-13(4-9)16(12)20-17(22)8-1-2-8/h3,5-8,12-13,16H,1-2,4H2,(H,19,21)(H,20,22)/t12-,13+,16?/m0/s1. The highest BCUT2D eigenvalue weighted by Crippen LogP contribution is 2.54. The van der Waals surface area contributed by atoms with Crippen molar-refractivity contribution in [2.75, 3.05) is 0 Å². The second-order valence-electron chi connectivity index (χ2n) is 6.73. The molecule has 2 aromatic rings. The zero-order valence-corrected chi connectivity index (χ0v) is 12.7. The fourth-order valence-corrected chi connectivity index (χ4v) is 3.98. The highest BCUT2D eigenvalue weighted by atomic mass is 35.5. The van der Waals surface area contributed by atoms with Crippen molar-refractivity contribution in [3.05, 3.63) is 35.0 Å². The summed E-state index contributed by atoms with van der Waals surface area (Å²) in [5.41, 5.74) is 3.49. The summed E-state index contributed by atoms with van der Waals surface area (Å²) >= 11 is 6.21. The summed E-state index contributed by atoms with van der Waals surface area (Å²) < 4.78 is 0. The van der Waals surface area contributed by atoms with Crippen molar-refractivity contribution in [2.45, 2.75) is 25.3 Å². The first-order valence-corrected chi connectivity index (χ1v) is 8.22. The summed E-state index contributed by atoms with van der Waals surface area (Å²) in [5.74, 6) is 1.62. The zero-order valence-electron chi connectivity index (χ0n) is 12.0. The third-order valence-electron chi connectivity index (χ3n) is 5.21. The zero-order chi connectivity index (χ0) is 14.8. The topological polar surface area (TPSA) is 57.8 Å². The lowest BCUT2D eigenvalue weighted by molar-refractivity contribution is -0.122. The number of halogens is 1. The van der Waals surface area contributed by atoms with Crippen LogP contribution in [-0.2, 0) is 4.79 Å². The molecule has 2 fully saturated rings. The van der Waals surface area contributed by atoms with Crippen LogP contribution in [0.4, 0.5) is 0 Å². The van der Waals surface area contributed by atoms with Gasteiger partial charge in [0, 0.05) is 28.3 Å². The molecule has 1 heterocycles. The van der Waals surface area contributed by atoms with Crippen LogP contribution >= 0.6 is 11.6 Å². The number of rotatable bonds is 3. The second kappa shape index (κ2) is 4.35. The van der Waals surface area contributed by atoms with Crippen LogP contribution in [0.3, 0.4) is 0 Å². The molecule has 3 aliphatic carbocycles. The maximum Gasteiger partial charge on any atom is 0.223 e. The monoisotopic (exact) mass is 313 g/mol. The Morgan fingerprint density at radius 2 is 2.23 bits per heavy atom. The predicted molar refractivity (Wildman–Crippen MR) is 85.3 cm³/mol. The van der Waals surface area contributed by atoms with E-state index in [-0.39, 0.29) is 5.91 Å². The highest BCUT2D eigenvalue weighted by Gasteiger charge is 2.54. The number of aromatic nitrogens is 2. The lowest BCUT2D eigenvalue weighted by Crippen LogP contribution is -2.29. The van der Waals surface area contributed by atoms with Crippen molar-refractivity contribution < 1.29 is 4.79 Å². The molecule has 1 amide bonds. The number of aromatic amines is 1. The molecule has 22 heavy (non-hydrogen) atoms. The third kappa shape index (κ3) is 1.90. The number of amides is 1. The van der Waals surface area contributed by atoms with Crippen molar-refractivity contribution >= 4 is 34.0 Å². The van der Waals surface area contributed by atoms with Gasteiger partial charge >= 0.3 is 0 Å². The molecular formula is C17H16ClN3O. The van der Waals surface area contributed by atoms with Gasteiger partial charge in [0.05, 0.1) is 11.7 Å². The number of benzene rings is 1. The minimum Gasteiger partial charge on any atom is -0.352 e. The van der Waals surface area contributed by atoms with E-state index in [1.807, 2.05) is 18.3 Å². The number of carbonyl (C=O) groups excluding carboxylic acids is 1. The molecule has 0 bridgehead atoms. The number of nitrogens with one attached hydrogen (secondary N) is 2. The Balaban J connectivity index is 1.40. The van der Waals surface area contributed by atoms with Gasteiger partial charge in [-0.1, -0.05) is 17.7 Å². The Morgan fingerprint density at radius 1 is 1.36 bits per heavy atom. The number of fused-ring (bicyclic) bond motifs is 2. The molecule has 2 N–H and O–H groups in total. The molecule has 112 valence electrons. The van der Waals surface area contributed by atoms with E-state index in [2.05, 4.69) is 21.6 Å². The number of hydrogen-bond acceptors (Lipinski definition) is 2. The Hall–Kier alpha value is -1.81. The molecular weight excluding hydrogens is 298 g/mol. The lowest BCUT2D eigenvalue weighted by atomic mass is 9.99. The van der Waals surface area contributed by atoms with Gasteiger partial charge in [-0.2, -0.15) is 5.10 Å². The van der Waals surface area contributed by atoms with Crippen LogP contribution in [0, 0.1) is 17.8 Å². The summed E-state index contributed by atoms with van der Waals surface area (Å²) in [6.45, 7) is 0. The fraction of sp³-hybridized carbons (Fsp3) is 0.412. The minimum absolute atomic E-state index is 0.259. The summed E-state index contributed by atoms with van der Waals surface area (Å²) in [6.07, 6.45) is 7.32. The van der Waals surface area contributed by atoms with Gasteiger partial charge in [-0.05, 0) is 48.4 Å².